The quantitative estimate of drug-likeness (QED) is 0.826. The smallest absolute Gasteiger partial charge is 0.251 e. The van der Waals surface area contributed by atoms with Gasteiger partial charge in [0.25, 0.3) is 5.91 Å². The molecule has 0 spiro atoms. The third-order valence-electron chi connectivity index (χ3n) is 4.67. The maximum Gasteiger partial charge on any atom is 0.251 e. The van der Waals surface area contributed by atoms with Crippen LogP contribution in [0.5, 0.6) is 0 Å². The van der Waals surface area contributed by atoms with Crippen molar-refractivity contribution in [2.24, 2.45) is 5.92 Å². The van der Waals surface area contributed by atoms with Gasteiger partial charge in [0.1, 0.15) is 0 Å². The first kappa shape index (κ1) is 18.9. The van der Waals surface area contributed by atoms with Crippen molar-refractivity contribution in [1.29, 1.82) is 0 Å². The van der Waals surface area contributed by atoms with E-state index in [9.17, 15) is 13.2 Å². The molecule has 0 aliphatic heterocycles. The largest absolute Gasteiger partial charge is 0.349 e. The second kappa shape index (κ2) is 8.12. The summed E-state index contributed by atoms with van der Waals surface area (Å²) in [6.45, 7) is 5.96. The van der Waals surface area contributed by atoms with Crippen LogP contribution >= 0.6 is 0 Å². The minimum absolute atomic E-state index is 0.119. The van der Waals surface area contributed by atoms with Gasteiger partial charge in [0, 0.05) is 17.6 Å². The van der Waals surface area contributed by atoms with Crippen LogP contribution in [0.4, 0.5) is 0 Å². The van der Waals surface area contributed by atoms with Crippen molar-refractivity contribution in [3.8, 4) is 0 Å². The van der Waals surface area contributed by atoms with Crippen molar-refractivity contribution in [2.75, 3.05) is 0 Å². The van der Waals surface area contributed by atoms with E-state index in [1.54, 1.807) is 12.1 Å². The molecule has 2 rings (SSSR count). The molecule has 24 heavy (non-hydrogen) atoms. The zero-order chi connectivity index (χ0) is 17.7. The summed E-state index contributed by atoms with van der Waals surface area (Å²) in [7, 11) is -3.53. The maximum atomic E-state index is 12.3. The van der Waals surface area contributed by atoms with Crippen LogP contribution in [0.3, 0.4) is 0 Å². The number of hydrogen-bond donors (Lipinski definition) is 2. The van der Waals surface area contributed by atoms with Gasteiger partial charge >= 0.3 is 0 Å². The van der Waals surface area contributed by atoms with Crippen LogP contribution in [0.15, 0.2) is 29.2 Å². The summed E-state index contributed by atoms with van der Waals surface area (Å²) in [4.78, 5) is 12.5. The molecule has 1 aliphatic rings. The third-order valence-corrected chi connectivity index (χ3v) is 6.27. The average Bonchev–Trinajstić information content (AvgIpc) is 2.54. The standard InChI is InChI=1S/C18H28N2O3S/c1-4-14(3)20-24(22,23)17-10-8-15(9-11-17)18(21)19-16-7-5-6-13(2)12-16/h8-11,13-14,16,20H,4-7,12H2,1-3H3,(H,19,21)/t13-,14-,16-/m1/s1. The highest BCUT2D eigenvalue weighted by atomic mass is 32.2. The Kier molecular flexibility index (Phi) is 6.40. The van der Waals surface area contributed by atoms with E-state index in [0.29, 0.717) is 11.5 Å². The first-order chi connectivity index (χ1) is 11.3. The molecule has 1 amide bonds. The van der Waals surface area contributed by atoms with Crippen molar-refractivity contribution in [1.82, 2.24) is 10.0 Å². The van der Waals surface area contributed by atoms with Crippen LogP contribution in [0.25, 0.3) is 0 Å². The van der Waals surface area contributed by atoms with E-state index in [1.165, 1.54) is 18.6 Å². The Morgan fingerprint density at radius 1 is 1.25 bits per heavy atom. The highest BCUT2D eigenvalue weighted by molar-refractivity contribution is 7.89. The summed E-state index contributed by atoms with van der Waals surface area (Å²) in [6, 6.07) is 6.23. The molecular formula is C18H28N2O3S. The molecule has 3 atom stereocenters. The fourth-order valence-corrected chi connectivity index (χ4v) is 4.36. The Balaban J connectivity index is 2.02. The monoisotopic (exact) mass is 352 g/mol. The zero-order valence-electron chi connectivity index (χ0n) is 14.7. The predicted octanol–water partition coefficient (Wildman–Crippen LogP) is 3.07. The first-order valence-electron chi connectivity index (χ1n) is 8.75. The van der Waals surface area contributed by atoms with Gasteiger partial charge in [-0.25, -0.2) is 13.1 Å². The van der Waals surface area contributed by atoms with Crippen LogP contribution in [-0.4, -0.2) is 26.4 Å². The summed E-state index contributed by atoms with van der Waals surface area (Å²) in [5.41, 5.74) is 0.496. The van der Waals surface area contributed by atoms with E-state index in [-0.39, 0.29) is 22.9 Å². The van der Waals surface area contributed by atoms with E-state index in [2.05, 4.69) is 17.0 Å². The molecule has 0 radical (unpaired) electrons. The van der Waals surface area contributed by atoms with Gasteiger partial charge in [-0.2, -0.15) is 0 Å². The maximum absolute atomic E-state index is 12.3. The molecule has 0 aromatic heterocycles. The van der Waals surface area contributed by atoms with Gasteiger partial charge in [-0.3, -0.25) is 4.79 Å². The second-order valence-corrected chi connectivity index (χ2v) is 8.61. The third kappa shape index (κ3) is 5.05. The van der Waals surface area contributed by atoms with Crippen LogP contribution in [-0.2, 0) is 10.0 Å². The van der Waals surface area contributed by atoms with Gasteiger partial charge in [-0.15, -0.1) is 0 Å². The minimum atomic E-state index is -3.53. The second-order valence-electron chi connectivity index (χ2n) is 6.90. The Morgan fingerprint density at radius 2 is 1.92 bits per heavy atom. The van der Waals surface area contributed by atoms with Gasteiger partial charge in [0.05, 0.1) is 4.90 Å². The molecule has 6 heteroatoms. The number of sulfonamides is 1. The molecule has 1 aromatic carbocycles. The number of carbonyl (C=O) groups is 1. The highest BCUT2D eigenvalue weighted by Gasteiger charge is 2.21. The topological polar surface area (TPSA) is 75.3 Å². The Bertz CT molecular complexity index is 655. The molecule has 1 aliphatic carbocycles. The van der Waals surface area contributed by atoms with Crippen molar-refractivity contribution in [3.63, 3.8) is 0 Å². The number of carbonyl (C=O) groups excluding carboxylic acids is 1. The lowest BCUT2D eigenvalue weighted by molar-refractivity contribution is 0.0921. The van der Waals surface area contributed by atoms with E-state index >= 15 is 0 Å². The Morgan fingerprint density at radius 3 is 2.50 bits per heavy atom. The molecule has 1 fully saturated rings. The summed E-state index contributed by atoms with van der Waals surface area (Å²) < 4.78 is 27.1. The van der Waals surface area contributed by atoms with Gasteiger partial charge in [-0.05, 0) is 56.4 Å². The van der Waals surface area contributed by atoms with Crippen molar-refractivity contribution < 1.29 is 13.2 Å². The fourth-order valence-electron chi connectivity index (χ4n) is 3.04. The zero-order valence-corrected chi connectivity index (χ0v) is 15.5. The van der Waals surface area contributed by atoms with Crippen molar-refractivity contribution in [2.45, 2.75) is 69.9 Å². The molecule has 2 N–H and O–H groups in total. The van der Waals surface area contributed by atoms with Crippen molar-refractivity contribution >= 4 is 15.9 Å². The predicted molar refractivity (Wildman–Crippen MR) is 95.4 cm³/mol. The SMILES string of the molecule is CC[C@@H](C)NS(=O)(=O)c1ccc(C(=O)N[C@@H]2CCC[C@@H](C)C2)cc1. The summed E-state index contributed by atoms with van der Waals surface area (Å²) in [5, 5.41) is 3.06. The molecule has 0 saturated heterocycles. The number of amides is 1. The molecule has 0 heterocycles. The Hall–Kier alpha value is -1.40. The highest BCUT2D eigenvalue weighted by Crippen LogP contribution is 2.23. The molecular weight excluding hydrogens is 324 g/mol. The lowest BCUT2D eigenvalue weighted by atomic mass is 9.87. The summed E-state index contributed by atoms with van der Waals surface area (Å²) in [5.74, 6) is 0.510. The van der Waals surface area contributed by atoms with Crippen LogP contribution < -0.4 is 10.0 Å². The minimum Gasteiger partial charge on any atom is -0.349 e. The van der Waals surface area contributed by atoms with Gasteiger partial charge < -0.3 is 5.32 Å². The Labute approximate surface area is 145 Å². The lowest BCUT2D eigenvalue weighted by Crippen LogP contribution is -2.38. The fraction of sp³-hybridized carbons (Fsp3) is 0.611. The van der Waals surface area contributed by atoms with Crippen LogP contribution in [0.1, 0.15) is 63.2 Å². The van der Waals surface area contributed by atoms with Crippen LogP contribution in [0, 0.1) is 5.92 Å². The normalized spacial score (nSPS) is 22.8. The first-order valence-corrected chi connectivity index (χ1v) is 10.2. The molecule has 0 unspecified atom stereocenters. The number of nitrogens with one attached hydrogen (secondary N) is 2. The summed E-state index contributed by atoms with van der Waals surface area (Å²) in [6.07, 6.45) is 5.12. The average molecular weight is 353 g/mol. The van der Waals surface area contributed by atoms with Gasteiger partial charge in [-0.1, -0.05) is 26.7 Å². The van der Waals surface area contributed by atoms with Crippen LogP contribution in [0.2, 0.25) is 0 Å². The number of benzene rings is 1. The molecule has 5 nitrogen and oxygen atoms in total. The van der Waals surface area contributed by atoms with E-state index in [1.807, 2.05) is 13.8 Å². The number of rotatable bonds is 6. The van der Waals surface area contributed by atoms with E-state index in [4.69, 9.17) is 0 Å². The molecule has 1 aromatic rings. The molecule has 134 valence electrons. The molecule has 1 saturated carbocycles. The summed E-state index contributed by atoms with van der Waals surface area (Å²) >= 11 is 0. The van der Waals surface area contributed by atoms with Gasteiger partial charge in [0.15, 0.2) is 0 Å². The van der Waals surface area contributed by atoms with E-state index < -0.39 is 10.0 Å². The van der Waals surface area contributed by atoms with Crippen molar-refractivity contribution in [3.05, 3.63) is 29.8 Å². The number of hydrogen-bond acceptors (Lipinski definition) is 3. The lowest BCUT2D eigenvalue weighted by Gasteiger charge is -2.27. The molecule has 0 bridgehead atoms. The van der Waals surface area contributed by atoms with Gasteiger partial charge in [0.2, 0.25) is 10.0 Å². The van der Waals surface area contributed by atoms with E-state index in [0.717, 1.165) is 25.7 Å².